The lowest BCUT2D eigenvalue weighted by Crippen LogP contribution is -2.24. The minimum absolute atomic E-state index is 0.118. The van der Waals surface area contributed by atoms with Gasteiger partial charge in [-0.05, 0) is 47.5 Å². The summed E-state index contributed by atoms with van der Waals surface area (Å²) in [7, 11) is 0. The highest BCUT2D eigenvalue weighted by Gasteiger charge is 2.10. The highest BCUT2D eigenvalue weighted by molar-refractivity contribution is 7.09. The average molecular weight is 460 g/mol. The van der Waals surface area contributed by atoms with Gasteiger partial charge < -0.3 is 10.6 Å². The molecule has 1 aromatic heterocycles. The summed E-state index contributed by atoms with van der Waals surface area (Å²) in [6, 6.07) is 22.7. The van der Waals surface area contributed by atoms with Crippen molar-refractivity contribution < 1.29 is 14.0 Å². The van der Waals surface area contributed by atoms with Crippen LogP contribution in [0.25, 0.3) is 0 Å². The molecule has 0 aliphatic rings. The van der Waals surface area contributed by atoms with Crippen molar-refractivity contribution in [3.05, 3.63) is 117 Å². The molecule has 4 aromatic rings. The molecule has 166 valence electrons. The molecular weight excluding hydrogens is 437 g/mol. The van der Waals surface area contributed by atoms with Crippen molar-refractivity contribution in [3.8, 4) is 0 Å². The molecule has 0 unspecified atom stereocenters. The molecule has 2 amide bonds. The molecule has 2 N–H and O–H groups in total. The lowest BCUT2D eigenvalue weighted by atomic mass is 10.1. The zero-order valence-corrected chi connectivity index (χ0v) is 18.6. The van der Waals surface area contributed by atoms with Gasteiger partial charge in [-0.3, -0.25) is 9.59 Å². The second kappa shape index (κ2) is 10.7. The van der Waals surface area contributed by atoms with Gasteiger partial charge >= 0.3 is 0 Å². The number of anilines is 1. The van der Waals surface area contributed by atoms with Crippen molar-refractivity contribution in [1.29, 1.82) is 0 Å². The molecule has 5 nitrogen and oxygen atoms in total. The summed E-state index contributed by atoms with van der Waals surface area (Å²) in [5.41, 5.74) is 3.76. The molecule has 7 heteroatoms. The molecule has 0 atom stereocenters. The number of nitrogens with one attached hydrogen (secondary N) is 2. The zero-order valence-electron chi connectivity index (χ0n) is 17.8. The SMILES string of the molecule is O=C(Cc1csc(Cc2ccccc2)n1)NCc1cccc(NC(=O)c2ccc(F)cc2)c1. The zero-order chi connectivity index (χ0) is 23.0. The molecule has 0 bridgehead atoms. The first-order valence-electron chi connectivity index (χ1n) is 10.4. The van der Waals surface area contributed by atoms with Crippen LogP contribution in [0.1, 0.15) is 32.2 Å². The number of aromatic nitrogens is 1. The van der Waals surface area contributed by atoms with Gasteiger partial charge in [0.25, 0.3) is 5.91 Å². The first kappa shape index (κ1) is 22.4. The molecule has 0 spiro atoms. The van der Waals surface area contributed by atoms with Crippen LogP contribution in [0.3, 0.4) is 0 Å². The van der Waals surface area contributed by atoms with E-state index >= 15 is 0 Å². The number of benzene rings is 3. The van der Waals surface area contributed by atoms with Gasteiger partial charge in [0.05, 0.1) is 17.1 Å². The van der Waals surface area contributed by atoms with Crippen LogP contribution in [-0.4, -0.2) is 16.8 Å². The second-order valence-corrected chi connectivity index (χ2v) is 8.45. The van der Waals surface area contributed by atoms with Gasteiger partial charge in [0.2, 0.25) is 5.91 Å². The van der Waals surface area contributed by atoms with Crippen LogP contribution in [0.4, 0.5) is 10.1 Å². The molecule has 1 heterocycles. The minimum atomic E-state index is -0.394. The quantitative estimate of drug-likeness (QED) is 0.390. The Morgan fingerprint density at radius 2 is 1.67 bits per heavy atom. The van der Waals surface area contributed by atoms with Crippen LogP contribution in [0, 0.1) is 5.82 Å². The summed E-state index contributed by atoms with van der Waals surface area (Å²) in [6.07, 6.45) is 0.968. The van der Waals surface area contributed by atoms with Gasteiger partial charge in [-0.1, -0.05) is 42.5 Å². The smallest absolute Gasteiger partial charge is 0.255 e. The van der Waals surface area contributed by atoms with E-state index in [0.29, 0.717) is 17.8 Å². The Kier molecular flexibility index (Phi) is 7.22. The molecule has 3 aromatic carbocycles. The maximum Gasteiger partial charge on any atom is 0.255 e. The topological polar surface area (TPSA) is 71.1 Å². The highest BCUT2D eigenvalue weighted by Crippen LogP contribution is 2.16. The van der Waals surface area contributed by atoms with Gasteiger partial charge in [0, 0.05) is 29.6 Å². The van der Waals surface area contributed by atoms with Crippen LogP contribution in [0.15, 0.2) is 84.2 Å². The van der Waals surface area contributed by atoms with E-state index in [-0.39, 0.29) is 18.2 Å². The fourth-order valence-electron chi connectivity index (χ4n) is 3.27. The number of hydrogen-bond donors (Lipinski definition) is 2. The fraction of sp³-hybridized carbons (Fsp3) is 0.115. The van der Waals surface area contributed by atoms with E-state index in [1.54, 1.807) is 29.5 Å². The van der Waals surface area contributed by atoms with Crippen LogP contribution in [-0.2, 0) is 24.2 Å². The summed E-state index contributed by atoms with van der Waals surface area (Å²) in [6.45, 7) is 0.333. The van der Waals surface area contributed by atoms with Gasteiger partial charge in [0.1, 0.15) is 5.82 Å². The monoisotopic (exact) mass is 459 g/mol. The Labute approximate surface area is 195 Å². The largest absolute Gasteiger partial charge is 0.352 e. The third kappa shape index (κ3) is 6.57. The number of carbonyl (C=O) groups excluding carboxylic acids is 2. The Hall–Kier alpha value is -3.84. The summed E-state index contributed by atoms with van der Waals surface area (Å²) in [5, 5.41) is 8.58. The van der Waals surface area contributed by atoms with Crippen LogP contribution in [0.2, 0.25) is 0 Å². The predicted octanol–water partition coefficient (Wildman–Crippen LogP) is 4.98. The molecule has 33 heavy (non-hydrogen) atoms. The number of carbonyl (C=O) groups is 2. The van der Waals surface area contributed by atoms with Crippen molar-refractivity contribution in [2.24, 2.45) is 0 Å². The molecule has 0 radical (unpaired) electrons. The lowest BCUT2D eigenvalue weighted by molar-refractivity contribution is -0.120. The van der Waals surface area contributed by atoms with Crippen molar-refractivity contribution in [3.63, 3.8) is 0 Å². The van der Waals surface area contributed by atoms with Crippen LogP contribution in [0.5, 0.6) is 0 Å². The maximum atomic E-state index is 13.0. The first-order chi connectivity index (χ1) is 16.0. The van der Waals surface area contributed by atoms with Crippen molar-refractivity contribution in [2.75, 3.05) is 5.32 Å². The van der Waals surface area contributed by atoms with E-state index < -0.39 is 5.82 Å². The van der Waals surface area contributed by atoms with E-state index in [2.05, 4.69) is 27.8 Å². The summed E-state index contributed by atoms with van der Waals surface area (Å²) >= 11 is 1.56. The highest BCUT2D eigenvalue weighted by atomic mass is 32.1. The van der Waals surface area contributed by atoms with E-state index in [1.165, 1.54) is 29.8 Å². The Morgan fingerprint density at radius 1 is 0.909 bits per heavy atom. The van der Waals surface area contributed by atoms with E-state index in [0.717, 1.165) is 22.7 Å². The Bertz CT molecular complexity index is 1240. The van der Waals surface area contributed by atoms with E-state index in [1.807, 2.05) is 29.6 Å². The standard InChI is InChI=1S/C26H22FN3O2S/c27-21-11-9-20(10-12-21)26(32)30-22-8-4-7-19(13-22)16-28-24(31)15-23-17-33-25(29-23)14-18-5-2-1-3-6-18/h1-13,17H,14-16H2,(H,28,31)(H,30,32). The normalized spacial score (nSPS) is 10.6. The van der Waals surface area contributed by atoms with E-state index in [4.69, 9.17) is 0 Å². The molecule has 0 saturated heterocycles. The maximum absolute atomic E-state index is 13.0. The minimum Gasteiger partial charge on any atom is -0.352 e. The summed E-state index contributed by atoms with van der Waals surface area (Å²) < 4.78 is 13.0. The van der Waals surface area contributed by atoms with Crippen LogP contribution >= 0.6 is 11.3 Å². The summed E-state index contributed by atoms with van der Waals surface area (Å²) in [4.78, 5) is 29.3. The van der Waals surface area contributed by atoms with Gasteiger partial charge in [-0.2, -0.15) is 0 Å². The van der Waals surface area contributed by atoms with E-state index in [9.17, 15) is 14.0 Å². The predicted molar refractivity (Wildman–Crippen MR) is 128 cm³/mol. The first-order valence-corrected chi connectivity index (χ1v) is 11.3. The number of rotatable bonds is 8. The number of hydrogen-bond acceptors (Lipinski definition) is 4. The van der Waals surface area contributed by atoms with Gasteiger partial charge in [-0.25, -0.2) is 9.37 Å². The Balaban J connectivity index is 1.28. The average Bonchev–Trinajstić information content (AvgIpc) is 3.25. The third-order valence-electron chi connectivity index (χ3n) is 4.92. The molecule has 4 rings (SSSR count). The van der Waals surface area contributed by atoms with Crippen molar-refractivity contribution >= 4 is 28.8 Å². The molecular formula is C26H22FN3O2S. The summed E-state index contributed by atoms with van der Waals surface area (Å²) in [5.74, 6) is -0.840. The number of nitrogens with zero attached hydrogens (tertiary/aromatic N) is 1. The fourth-order valence-corrected chi connectivity index (χ4v) is 4.10. The third-order valence-corrected chi connectivity index (χ3v) is 5.82. The van der Waals surface area contributed by atoms with Gasteiger partial charge in [-0.15, -0.1) is 11.3 Å². The second-order valence-electron chi connectivity index (χ2n) is 7.51. The van der Waals surface area contributed by atoms with Crippen molar-refractivity contribution in [2.45, 2.75) is 19.4 Å². The molecule has 0 fully saturated rings. The molecule has 0 aliphatic carbocycles. The number of halogens is 1. The number of thiazole rings is 1. The number of amides is 2. The van der Waals surface area contributed by atoms with Crippen LogP contribution < -0.4 is 10.6 Å². The molecule has 0 saturated carbocycles. The van der Waals surface area contributed by atoms with Gasteiger partial charge in [0.15, 0.2) is 0 Å². The molecule has 0 aliphatic heterocycles. The van der Waals surface area contributed by atoms with Crippen molar-refractivity contribution in [1.82, 2.24) is 10.3 Å². The lowest BCUT2D eigenvalue weighted by Gasteiger charge is -2.09. The Morgan fingerprint density at radius 3 is 2.45 bits per heavy atom.